The minimum absolute atomic E-state index is 1.10. The van der Waals surface area contributed by atoms with Gasteiger partial charge < -0.3 is 0 Å². The van der Waals surface area contributed by atoms with Crippen molar-refractivity contribution in [3.63, 3.8) is 0 Å². The van der Waals surface area contributed by atoms with Gasteiger partial charge in [-0.05, 0) is 30.0 Å². The number of rotatable bonds is 3. The fourth-order valence-electron chi connectivity index (χ4n) is 1.60. The van der Waals surface area contributed by atoms with Crippen LogP contribution in [0.2, 0.25) is 0 Å². The molecule has 2 aromatic heterocycles. The molecule has 3 aromatic rings. The third kappa shape index (κ3) is 2.51. The zero-order valence-corrected chi connectivity index (χ0v) is 12.2. The van der Waals surface area contributed by atoms with Crippen LogP contribution in [0.1, 0.15) is 5.56 Å². The molecule has 0 aliphatic rings. The minimum atomic E-state index is 1.10. The minimum Gasteiger partial charge on any atom is -0.237 e. The average molecular weight is 289 g/mol. The van der Waals surface area contributed by atoms with E-state index in [0.717, 1.165) is 4.34 Å². The molecule has 0 radical (unpaired) electrons. The van der Waals surface area contributed by atoms with Gasteiger partial charge in [0, 0.05) is 16.0 Å². The molecule has 0 saturated heterocycles. The second-order valence-corrected chi connectivity index (χ2v) is 7.10. The van der Waals surface area contributed by atoms with Crippen molar-refractivity contribution in [2.45, 2.75) is 16.2 Å². The molecule has 3 rings (SSSR count). The zero-order chi connectivity index (χ0) is 12.4. The Morgan fingerprint density at radius 1 is 1.06 bits per heavy atom. The molecule has 0 atom stereocenters. The van der Waals surface area contributed by atoms with Crippen molar-refractivity contribution < 1.29 is 0 Å². The number of thiazole rings is 1. The fraction of sp³-hybridized carbons (Fsp3) is 0.0714. The molecule has 2 heterocycles. The topological polar surface area (TPSA) is 12.9 Å². The van der Waals surface area contributed by atoms with E-state index in [1.54, 1.807) is 34.4 Å². The quantitative estimate of drug-likeness (QED) is 0.646. The van der Waals surface area contributed by atoms with Gasteiger partial charge in [0.05, 0.1) is 4.88 Å². The fourth-order valence-corrected chi connectivity index (χ4v) is 4.44. The Hall–Kier alpha value is -1.10. The number of aromatic nitrogens is 1. The van der Waals surface area contributed by atoms with Crippen molar-refractivity contribution in [3.8, 4) is 9.75 Å². The molecular formula is C14H11NS3. The number of hydrogen-bond acceptors (Lipinski definition) is 4. The maximum Gasteiger partial charge on any atom is 0.155 e. The summed E-state index contributed by atoms with van der Waals surface area (Å²) in [4.78, 5) is 8.33. The van der Waals surface area contributed by atoms with Crippen molar-refractivity contribution in [3.05, 3.63) is 53.5 Å². The van der Waals surface area contributed by atoms with Gasteiger partial charge in [0.1, 0.15) is 0 Å². The molecule has 4 heteroatoms. The van der Waals surface area contributed by atoms with Gasteiger partial charge in [0.25, 0.3) is 0 Å². The SMILES string of the molecule is Cc1ccccc1Sc1ncc(-c2cccs2)s1. The van der Waals surface area contributed by atoms with Gasteiger partial charge in [-0.1, -0.05) is 36.0 Å². The summed E-state index contributed by atoms with van der Waals surface area (Å²) in [6, 6.07) is 12.6. The van der Waals surface area contributed by atoms with Crippen LogP contribution in [0.3, 0.4) is 0 Å². The van der Waals surface area contributed by atoms with E-state index in [2.05, 4.69) is 53.7 Å². The third-order valence-electron chi connectivity index (χ3n) is 2.54. The largest absolute Gasteiger partial charge is 0.237 e. The van der Waals surface area contributed by atoms with Gasteiger partial charge in [-0.15, -0.1) is 22.7 Å². The average Bonchev–Trinajstić information content (AvgIpc) is 3.02. The van der Waals surface area contributed by atoms with Gasteiger partial charge in [-0.3, -0.25) is 0 Å². The Labute approximate surface area is 119 Å². The molecule has 0 saturated carbocycles. The summed E-state index contributed by atoms with van der Waals surface area (Å²) in [5.74, 6) is 0. The molecule has 0 unspecified atom stereocenters. The van der Waals surface area contributed by atoms with Gasteiger partial charge in [-0.25, -0.2) is 4.98 Å². The molecule has 0 spiro atoms. The van der Waals surface area contributed by atoms with E-state index < -0.39 is 0 Å². The van der Waals surface area contributed by atoms with Crippen molar-refractivity contribution in [1.29, 1.82) is 0 Å². The Balaban J connectivity index is 1.85. The summed E-state index contributed by atoms with van der Waals surface area (Å²) >= 11 is 5.26. The Bertz CT molecular complexity index is 641. The first-order chi connectivity index (χ1) is 8.83. The van der Waals surface area contributed by atoms with Crippen LogP contribution in [0.25, 0.3) is 9.75 Å². The highest BCUT2D eigenvalue weighted by Gasteiger charge is 2.07. The third-order valence-corrected chi connectivity index (χ3v) is 5.85. The van der Waals surface area contributed by atoms with E-state index in [1.165, 1.54) is 20.2 Å². The highest BCUT2D eigenvalue weighted by molar-refractivity contribution is 8.01. The summed E-state index contributed by atoms with van der Waals surface area (Å²) < 4.78 is 1.10. The first-order valence-corrected chi connectivity index (χ1v) is 8.07. The van der Waals surface area contributed by atoms with Crippen LogP contribution in [0.5, 0.6) is 0 Å². The van der Waals surface area contributed by atoms with Crippen molar-refractivity contribution in [2.24, 2.45) is 0 Å². The lowest BCUT2D eigenvalue weighted by atomic mass is 10.2. The first-order valence-electron chi connectivity index (χ1n) is 5.56. The Morgan fingerprint density at radius 2 is 1.94 bits per heavy atom. The van der Waals surface area contributed by atoms with Gasteiger partial charge in [0.2, 0.25) is 0 Å². The molecule has 18 heavy (non-hydrogen) atoms. The lowest BCUT2D eigenvalue weighted by molar-refractivity contribution is 1.23. The van der Waals surface area contributed by atoms with E-state index in [-0.39, 0.29) is 0 Å². The van der Waals surface area contributed by atoms with Crippen LogP contribution in [0, 0.1) is 6.92 Å². The second-order valence-electron chi connectivity index (χ2n) is 3.84. The summed E-state index contributed by atoms with van der Waals surface area (Å²) in [5.41, 5.74) is 1.30. The highest BCUT2D eigenvalue weighted by Crippen LogP contribution is 2.37. The Morgan fingerprint density at radius 3 is 2.72 bits per heavy atom. The predicted octanol–water partition coefficient (Wildman–Crippen LogP) is 5.33. The maximum absolute atomic E-state index is 4.50. The van der Waals surface area contributed by atoms with E-state index in [9.17, 15) is 0 Å². The van der Waals surface area contributed by atoms with Gasteiger partial charge >= 0.3 is 0 Å². The smallest absolute Gasteiger partial charge is 0.155 e. The van der Waals surface area contributed by atoms with Gasteiger partial charge in [-0.2, -0.15) is 0 Å². The number of thiophene rings is 1. The van der Waals surface area contributed by atoms with Gasteiger partial charge in [0.15, 0.2) is 4.34 Å². The highest BCUT2D eigenvalue weighted by atomic mass is 32.2. The molecule has 0 N–H and O–H groups in total. The zero-order valence-electron chi connectivity index (χ0n) is 9.79. The summed E-state index contributed by atoms with van der Waals surface area (Å²) in [7, 11) is 0. The second kappa shape index (κ2) is 5.26. The lowest BCUT2D eigenvalue weighted by Crippen LogP contribution is -1.77. The molecule has 0 bridgehead atoms. The van der Waals surface area contributed by atoms with Crippen LogP contribution < -0.4 is 0 Å². The standard InChI is InChI=1S/C14H11NS3/c1-10-5-2-3-6-11(10)17-14-15-9-13(18-14)12-7-4-8-16-12/h2-9H,1H3. The predicted molar refractivity (Wildman–Crippen MR) is 80.7 cm³/mol. The number of hydrogen-bond donors (Lipinski definition) is 0. The molecule has 0 fully saturated rings. The first kappa shape index (κ1) is 12.0. The van der Waals surface area contributed by atoms with E-state index in [1.807, 2.05) is 6.20 Å². The van der Waals surface area contributed by atoms with Crippen LogP contribution in [-0.4, -0.2) is 4.98 Å². The van der Waals surface area contributed by atoms with E-state index >= 15 is 0 Å². The van der Waals surface area contributed by atoms with E-state index in [4.69, 9.17) is 0 Å². The molecule has 1 nitrogen and oxygen atoms in total. The molecule has 1 aromatic carbocycles. The molecule has 0 aliphatic carbocycles. The summed E-state index contributed by atoms with van der Waals surface area (Å²) in [6.07, 6.45) is 1.97. The van der Waals surface area contributed by atoms with Crippen LogP contribution in [0.15, 0.2) is 57.2 Å². The lowest BCUT2D eigenvalue weighted by Gasteiger charge is -2.01. The maximum atomic E-state index is 4.50. The van der Waals surface area contributed by atoms with E-state index in [0.29, 0.717) is 0 Å². The van der Waals surface area contributed by atoms with Crippen molar-refractivity contribution >= 4 is 34.4 Å². The Kier molecular flexibility index (Phi) is 3.50. The molecule has 0 amide bonds. The van der Waals surface area contributed by atoms with Crippen molar-refractivity contribution in [2.75, 3.05) is 0 Å². The molecular weight excluding hydrogens is 278 g/mol. The van der Waals surface area contributed by atoms with Crippen LogP contribution in [0.4, 0.5) is 0 Å². The normalized spacial score (nSPS) is 10.7. The summed E-state index contributed by atoms with van der Waals surface area (Å²) in [5, 5.41) is 2.10. The summed E-state index contributed by atoms with van der Waals surface area (Å²) in [6.45, 7) is 2.14. The number of nitrogens with zero attached hydrogens (tertiary/aromatic N) is 1. The van der Waals surface area contributed by atoms with Crippen molar-refractivity contribution in [1.82, 2.24) is 4.98 Å². The number of benzene rings is 1. The number of aryl methyl sites for hydroxylation is 1. The molecule has 0 aliphatic heterocycles. The van der Waals surface area contributed by atoms with Crippen LogP contribution in [-0.2, 0) is 0 Å². The molecule has 90 valence electrons. The van der Waals surface area contributed by atoms with Crippen LogP contribution >= 0.6 is 34.4 Å². The monoisotopic (exact) mass is 289 g/mol.